The fourth-order valence-electron chi connectivity index (χ4n) is 4.82. The van der Waals surface area contributed by atoms with Crippen LogP contribution in [0.3, 0.4) is 0 Å². The lowest BCUT2D eigenvalue weighted by atomic mass is 10.0. The van der Waals surface area contributed by atoms with Crippen LogP contribution in [-0.2, 0) is 11.0 Å². The van der Waals surface area contributed by atoms with Gasteiger partial charge in [0, 0.05) is 31.2 Å². The number of amides is 1. The summed E-state index contributed by atoms with van der Waals surface area (Å²) in [6.45, 7) is 6.66. The molecule has 11 heteroatoms. The number of carbonyl (C=O) groups excluding carboxylic acids is 1. The number of rotatable bonds is 5. The van der Waals surface area contributed by atoms with Gasteiger partial charge in [-0.25, -0.2) is 0 Å². The minimum Gasteiger partial charge on any atom is -0.507 e. The number of aromatic nitrogens is 2. The molecule has 1 amide bonds. The van der Waals surface area contributed by atoms with E-state index in [1.165, 1.54) is 6.07 Å². The van der Waals surface area contributed by atoms with E-state index in [1.54, 1.807) is 6.92 Å². The van der Waals surface area contributed by atoms with Gasteiger partial charge < -0.3 is 20.4 Å². The van der Waals surface area contributed by atoms with Crippen molar-refractivity contribution in [2.75, 3.05) is 38.0 Å². The first-order chi connectivity index (χ1) is 17.0. The summed E-state index contributed by atoms with van der Waals surface area (Å²) in [4.78, 5) is 16.6. The van der Waals surface area contributed by atoms with Crippen LogP contribution in [0.1, 0.15) is 42.4 Å². The minimum atomic E-state index is -4.55. The quantitative estimate of drug-likeness (QED) is 0.571. The van der Waals surface area contributed by atoms with Gasteiger partial charge >= 0.3 is 6.18 Å². The normalized spacial score (nSPS) is 19.9. The van der Waals surface area contributed by atoms with Gasteiger partial charge in [-0.3, -0.25) is 9.69 Å². The number of alkyl halides is 3. The molecule has 0 radical (unpaired) electrons. The summed E-state index contributed by atoms with van der Waals surface area (Å²) < 4.78 is 38.8. The van der Waals surface area contributed by atoms with E-state index < -0.39 is 17.5 Å². The number of hydrogen-bond donors (Lipinski definition) is 3. The Morgan fingerprint density at radius 3 is 2.50 bits per heavy atom. The van der Waals surface area contributed by atoms with Crippen molar-refractivity contribution < 1.29 is 28.2 Å². The Balaban J connectivity index is 1.42. The molecule has 2 aliphatic heterocycles. The monoisotopic (exact) mass is 507 g/mol. The zero-order valence-electron chi connectivity index (χ0n) is 20.5. The van der Waals surface area contributed by atoms with Gasteiger partial charge in [-0.2, -0.15) is 13.2 Å². The van der Waals surface area contributed by atoms with E-state index >= 15 is 0 Å². The van der Waals surface area contributed by atoms with E-state index in [0.717, 1.165) is 31.0 Å². The van der Waals surface area contributed by atoms with Gasteiger partial charge in [0.15, 0.2) is 5.82 Å². The lowest BCUT2D eigenvalue weighted by Crippen LogP contribution is -2.49. The molecular weight excluding hydrogens is 475 g/mol. The first-order valence-corrected chi connectivity index (χ1v) is 12.2. The number of nitrogens with one attached hydrogen (secondary N) is 1. The number of halogens is 3. The van der Waals surface area contributed by atoms with Crippen molar-refractivity contribution >= 4 is 11.7 Å². The number of phenolic OH excluding ortho intramolecular Hbond substituents is 1. The summed E-state index contributed by atoms with van der Waals surface area (Å²) in [5.74, 6) is 0.152. The van der Waals surface area contributed by atoms with Crippen LogP contribution in [0.4, 0.5) is 19.0 Å². The van der Waals surface area contributed by atoms with Crippen molar-refractivity contribution in [3.8, 4) is 17.0 Å². The Morgan fingerprint density at radius 1 is 1.11 bits per heavy atom. The first-order valence-electron chi connectivity index (χ1n) is 12.2. The maximum Gasteiger partial charge on any atom is 0.416 e. The Morgan fingerprint density at radius 2 is 1.83 bits per heavy atom. The highest BCUT2D eigenvalue weighted by Gasteiger charge is 2.32. The van der Waals surface area contributed by atoms with Crippen molar-refractivity contribution in [2.45, 2.75) is 57.9 Å². The molecule has 1 aromatic heterocycles. The highest BCUT2D eigenvalue weighted by molar-refractivity contribution is 5.78. The van der Waals surface area contributed by atoms with E-state index in [0.29, 0.717) is 62.2 Å². The Labute approximate surface area is 208 Å². The van der Waals surface area contributed by atoms with Gasteiger partial charge in [0.05, 0.1) is 23.9 Å². The van der Waals surface area contributed by atoms with E-state index in [-0.39, 0.29) is 23.6 Å². The number of piperidine rings is 2. The second kappa shape index (κ2) is 10.6. The molecule has 8 nitrogen and oxygen atoms in total. The number of hydrogen-bond acceptors (Lipinski definition) is 7. The minimum absolute atomic E-state index is 0.0625. The van der Waals surface area contributed by atoms with E-state index in [9.17, 15) is 28.2 Å². The molecule has 0 unspecified atom stereocenters. The SMILES string of the molecule is Cc1c(N[C@@H]2CCCN(CC(=O)N3CCC(O)CC3)C2)nnc(-c2ccc(C(F)(F)F)cc2O)c1C. The standard InChI is InChI=1S/C25H32F3N5O3/c1-15-16(2)24(31-30-23(15)20-6-5-17(12-21(20)35)25(26,27)28)29-18-4-3-9-32(13-18)14-22(36)33-10-7-19(34)8-11-33/h5-6,12,18-19,34-35H,3-4,7-11,13-14H2,1-2H3,(H,29,31)/t18-/m1/s1. The Hall–Kier alpha value is -2.92. The van der Waals surface area contributed by atoms with Gasteiger partial charge in [-0.05, 0) is 75.4 Å². The number of benzene rings is 1. The molecule has 36 heavy (non-hydrogen) atoms. The number of nitrogens with zero attached hydrogens (tertiary/aromatic N) is 4. The molecule has 0 bridgehead atoms. The summed E-state index contributed by atoms with van der Waals surface area (Å²) in [6.07, 6.45) is -1.80. The van der Waals surface area contributed by atoms with Crippen LogP contribution in [0.25, 0.3) is 11.3 Å². The number of aromatic hydroxyl groups is 1. The molecule has 1 atom stereocenters. The fourth-order valence-corrected chi connectivity index (χ4v) is 4.82. The molecule has 0 spiro atoms. The molecule has 2 fully saturated rings. The molecule has 4 rings (SSSR count). The highest BCUT2D eigenvalue weighted by Crippen LogP contribution is 2.37. The topological polar surface area (TPSA) is 102 Å². The van der Waals surface area contributed by atoms with Crippen molar-refractivity contribution in [3.05, 3.63) is 34.9 Å². The third-order valence-electron chi connectivity index (χ3n) is 7.13. The average Bonchev–Trinajstić information content (AvgIpc) is 2.82. The molecular formula is C25H32F3N5O3. The van der Waals surface area contributed by atoms with Gasteiger partial charge in [0.1, 0.15) is 5.75 Å². The lowest BCUT2D eigenvalue weighted by Gasteiger charge is -2.36. The van der Waals surface area contributed by atoms with Crippen LogP contribution in [0.5, 0.6) is 5.75 Å². The van der Waals surface area contributed by atoms with Crippen LogP contribution in [0.15, 0.2) is 18.2 Å². The van der Waals surface area contributed by atoms with E-state index in [2.05, 4.69) is 20.4 Å². The smallest absolute Gasteiger partial charge is 0.416 e. The predicted molar refractivity (Wildman–Crippen MR) is 129 cm³/mol. The molecule has 1 aromatic carbocycles. The fraction of sp³-hybridized carbons (Fsp3) is 0.560. The molecule has 2 aliphatic rings. The van der Waals surface area contributed by atoms with Crippen molar-refractivity contribution in [1.82, 2.24) is 20.0 Å². The van der Waals surface area contributed by atoms with Crippen molar-refractivity contribution in [3.63, 3.8) is 0 Å². The largest absolute Gasteiger partial charge is 0.507 e. The third-order valence-corrected chi connectivity index (χ3v) is 7.13. The predicted octanol–water partition coefficient (Wildman–Crippen LogP) is 3.34. The van der Waals surface area contributed by atoms with E-state index in [4.69, 9.17) is 0 Å². The first kappa shape index (κ1) is 26.2. The molecule has 3 heterocycles. The van der Waals surface area contributed by atoms with Gasteiger partial charge in [-0.1, -0.05) is 0 Å². The summed E-state index contributed by atoms with van der Waals surface area (Å²) in [6, 6.07) is 2.89. The summed E-state index contributed by atoms with van der Waals surface area (Å²) in [5, 5.41) is 31.8. The van der Waals surface area contributed by atoms with E-state index in [1.807, 2.05) is 11.8 Å². The molecule has 0 saturated carbocycles. The summed E-state index contributed by atoms with van der Waals surface area (Å²) in [5.41, 5.74) is 1.08. The highest BCUT2D eigenvalue weighted by atomic mass is 19.4. The Bertz CT molecular complexity index is 1100. The molecule has 196 valence electrons. The molecule has 2 aromatic rings. The zero-order valence-corrected chi connectivity index (χ0v) is 20.5. The van der Waals surface area contributed by atoms with Crippen LogP contribution in [0.2, 0.25) is 0 Å². The van der Waals surface area contributed by atoms with Gasteiger partial charge in [0.25, 0.3) is 0 Å². The number of anilines is 1. The summed E-state index contributed by atoms with van der Waals surface area (Å²) >= 11 is 0. The van der Waals surface area contributed by atoms with Crippen molar-refractivity contribution in [1.29, 1.82) is 0 Å². The maximum absolute atomic E-state index is 12.9. The molecule has 0 aliphatic carbocycles. The number of carbonyl (C=O) groups is 1. The van der Waals surface area contributed by atoms with Crippen LogP contribution < -0.4 is 5.32 Å². The Kier molecular flexibility index (Phi) is 7.70. The lowest BCUT2D eigenvalue weighted by molar-refractivity contribution is -0.137. The number of likely N-dealkylation sites (tertiary alicyclic amines) is 2. The summed E-state index contributed by atoms with van der Waals surface area (Å²) in [7, 11) is 0. The van der Waals surface area contributed by atoms with Crippen LogP contribution in [-0.4, -0.2) is 81.0 Å². The zero-order chi connectivity index (χ0) is 26.0. The van der Waals surface area contributed by atoms with Gasteiger partial charge in [-0.15, -0.1) is 10.2 Å². The maximum atomic E-state index is 12.9. The van der Waals surface area contributed by atoms with Crippen LogP contribution >= 0.6 is 0 Å². The molecule has 3 N–H and O–H groups in total. The second-order valence-corrected chi connectivity index (χ2v) is 9.71. The van der Waals surface area contributed by atoms with Gasteiger partial charge in [0.2, 0.25) is 5.91 Å². The third kappa shape index (κ3) is 5.89. The second-order valence-electron chi connectivity index (χ2n) is 9.71. The number of aliphatic hydroxyl groups is 1. The number of phenols is 1. The van der Waals surface area contributed by atoms with Crippen molar-refractivity contribution in [2.24, 2.45) is 0 Å². The molecule has 2 saturated heterocycles. The number of aliphatic hydroxyl groups excluding tert-OH is 1. The average molecular weight is 508 g/mol. The van der Waals surface area contributed by atoms with Crippen LogP contribution in [0, 0.1) is 13.8 Å².